The molecule has 2 aromatic rings. The van der Waals surface area contributed by atoms with E-state index < -0.39 is 5.91 Å². The summed E-state index contributed by atoms with van der Waals surface area (Å²) in [5, 5.41) is 3.76. The van der Waals surface area contributed by atoms with Crippen molar-refractivity contribution in [1.29, 1.82) is 0 Å². The van der Waals surface area contributed by atoms with Crippen LogP contribution in [0.2, 0.25) is 5.02 Å². The van der Waals surface area contributed by atoms with Gasteiger partial charge in [-0.1, -0.05) is 11.6 Å². The molecule has 0 unspecified atom stereocenters. The molecule has 0 aliphatic carbocycles. The van der Waals surface area contributed by atoms with Crippen LogP contribution in [0, 0.1) is 6.92 Å². The van der Waals surface area contributed by atoms with Crippen molar-refractivity contribution in [3.63, 3.8) is 0 Å². The van der Waals surface area contributed by atoms with Crippen LogP contribution in [0.1, 0.15) is 16.2 Å². The third-order valence-corrected chi connectivity index (χ3v) is 3.16. The Morgan fingerprint density at radius 1 is 1.50 bits per heavy atom. The number of primary amides is 1. The number of nitrogens with two attached hydrogens (primary N) is 2. The van der Waals surface area contributed by atoms with E-state index in [0.29, 0.717) is 27.4 Å². The number of benzene rings is 1. The molecule has 6 nitrogen and oxygen atoms in total. The second-order valence-electron chi connectivity index (χ2n) is 3.56. The highest BCUT2D eigenvalue weighted by Gasteiger charge is 2.15. The standard InChI is InChI=1S/C10H10ClN5OS/c1-4-14-10(18-16-4)15-8-6(9(13)17)2-5(12)3-7(8)11/h2-3H,12H2,1H3,(H2,13,17)(H,14,15,16). The summed E-state index contributed by atoms with van der Waals surface area (Å²) in [5.74, 6) is 0.0163. The van der Waals surface area contributed by atoms with Gasteiger partial charge in [0.15, 0.2) is 0 Å². The van der Waals surface area contributed by atoms with Gasteiger partial charge >= 0.3 is 0 Å². The predicted octanol–water partition coefficient (Wildman–Crippen LogP) is 1.92. The van der Waals surface area contributed by atoms with Crippen LogP contribution in [0.15, 0.2) is 12.1 Å². The number of halogens is 1. The lowest BCUT2D eigenvalue weighted by molar-refractivity contribution is 0.100. The molecule has 0 atom stereocenters. The summed E-state index contributed by atoms with van der Waals surface area (Å²) in [7, 11) is 0. The molecule has 1 aromatic carbocycles. The zero-order valence-corrected chi connectivity index (χ0v) is 11.0. The molecular weight excluding hydrogens is 274 g/mol. The molecule has 1 aromatic heterocycles. The average Bonchev–Trinajstić information content (AvgIpc) is 2.67. The van der Waals surface area contributed by atoms with Gasteiger partial charge in [-0.25, -0.2) is 4.98 Å². The van der Waals surface area contributed by atoms with E-state index >= 15 is 0 Å². The zero-order chi connectivity index (χ0) is 13.3. The quantitative estimate of drug-likeness (QED) is 0.746. The van der Waals surface area contributed by atoms with E-state index in [9.17, 15) is 4.79 Å². The monoisotopic (exact) mass is 283 g/mol. The Balaban J connectivity index is 2.46. The Hall–Kier alpha value is -1.86. The lowest BCUT2D eigenvalue weighted by Gasteiger charge is -2.10. The molecule has 94 valence electrons. The first-order valence-corrected chi connectivity index (χ1v) is 6.08. The van der Waals surface area contributed by atoms with Crippen molar-refractivity contribution in [2.45, 2.75) is 6.92 Å². The van der Waals surface area contributed by atoms with Crippen molar-refractivity contribution >= 4 is 45.5 Å². The number of nitrogens with one attached hydrogen (secondary N) is 1. The lowest BCUT2D eigenvalue weighted by Crippen LogP contribution is -2.14. The second kappa shape index (κ2) is 4.79. The zero-order valence-electron chi connectivity index (χ0n) is 9.40. The van der Waals surface area contributed by atoms with Crippen molar-refractivity contribution in [1.82, 2.24) is 9.36 Å². The van der Waals surface area contributed by atoms with E-state index in [1.165, 1.54) is 12.1 Å². The number of carbonyl (C=O) groups is 1. The van der Waals surface area contributed by atoms with Crippen molar-refractivity contribution in [3.05, 3.63) is 28.5 Å². The summed E-state index contributed by atoms with van der Waals surface area (Å²) in [6.07, 6.45) is 0. The van der Waals surface area contributed by atoms with Crippen LogP contribution in [0.4, 0.5) is 16.5 Å². The highest BCUT2D eigenvalue weighted by molar-refractivity contribution is 7.09. The van der Waals surface area contributed by atoms with Crippen LogP contribution in [-0.4, -0.2) is 15.3 Å². The molecule has 1 heterocycles. The normalized spacial score (nSPS) is 10.3. The molecule has 2 rings (SSSR count). The number of aromatic nitrogens is 2. The predicted molar refractivity (Wildman–Crippen MR) is 72.3 cm³/mol. The molecule has 1 amide bonds. The van der Waals surface area contributed by atoms with Gasteiger partial charge in [0.25, 0.3) is 5.91 Å². The van der Waals surface area contributed by atoms with E-state index in [0.717, 1.165) is 11.5 Å². The Bertz CT molecular complexity index is 612. The van der Waals surface area contributed by atoms with E-state index in [4.69, 9.17) is 23.1 Å². The van der Waals surface area contributed by atoms with Gasteiger partial charge < -0.3 is 16.8 Å². The smallest absolute Gasteiger partial charge is 0.250 e. The topological polar surface area (TPSA) is 107 Å². The highest BCUT2D eigenvalue weighted by atomic mass is 35.5. The average molecular weight is 284 g/mol. The first-order chi connectivity index (χ1) is 8.47. The summed E-state index contributed by atoms with van der Waals surface area (Å²) < 4.78 is 4.02. The molecule has 0 fully saturated rings. The summed E-state index contributed by atoms with van der Waals surface area (Å²) in [5.41, 5.74) is 11.9. The van der Waals surface area contributed by atoms with Gasteiger partial charge in [0.2, 0.25) is 5.13 Å². The van der Waals surface area contributed by atoms with E-state index in [2.05, 4.69) is 14.7 Å². The molecule has 5 N–H and O–H groups in total. The first kappa shape index (κ1) is 12.6. The maximum atomic E-state index is 11.4. The molecule has 0 aliphatic heterocycles. The van der Waals surface area contributed by atoms with E-state index in [-0.39, 0.29) is 5.56 Å². The number of nitrogen functional groups attached to an aromatic ring is 1. The van der Waals surface area contributed by atoms with Crippen LogP contribution in [0.5, 0.6) is 0 Å². The van der Waals surface area contributed by atoms with Gasteiger partial charge in [0, 0.05) is 17.2 Å². The largest absolute Gasteiger partial charge is 0.399 e. The molecular formula is C10H10ClN5OS. The van der Waals surface area contributed by atoms with Crippen molar-refractivity contribution in [2.24, 2.45) is 5.73 Å². The van der Waals surface area contributed by atoms with Crippen molar-refractivity contribution in [3.8, 4) is 0 Å². The fourth-order valence-electron chi connectivity index (χ4n) is 1.40. The van der Waals surface area contributed by atoms with Gasteiger partial charge in [-0.05, 0) is 19.1 Å². The Labute approximate surface area is 112 Å². The molecule has 0 radical (unpaired) electrons. The molecule has 0 saturated heterocycles. The number of amides is 1. The summed E-state index contributed by atoms with van der Waals surface area (Å²) in [4.78, 5) is 15.5. The number of anilines is 3. The number of hydrogen-bond acceptors (Lipinski definition) is 6. The van der Waals surface area contributed by atoms with Crippen molar-refractivity contribution < 1.29 is 4.79 Å². The number of carbonyl (C=O) groups excluding carboxylic acids is 1. The first-order valence-electron chi connectivity index (χ1n) is 4.93. The number of hydrogen-bond donors (Lipinski definition) is 3. The van der Waals surface area contributed by atoms with Gasteiger partial charge in [-0.2, -0.15) is 4.37 Å². The second-order valence-corrected chi connectivity index (χ2v) is 4.72. The van der Waals surface area contributed by atoms with Gasteiger partial charge in [0.05, 0.1) is 16.3 Å². The maximum Gasteiger partial charge on any atom is 0.250 e. The van der Waals surface area contributed by atoms with Crippen LogP contribution in [-0.2, 0) is 0 Å². The van der Waals surface area contributed by atoms with Gasteiger partial charge in [-0.3, -0.25) is 4.79 Å². The number of rotatable bonds is 3. The van der Waals surface area contributed by atoms with Gasteiger partial charge in [-0.15, -0.1) is 0 Å². The highest BCUT2D eigenvalue weighted by Crippen LogP contribution is 2.32. The summed E-state index contributed by atoms with van der Waals surface area (Å²) in [6.45, 7) is 1.77. The SMILES string of the molecule is Cc1nsc(Nc2c(Cl)cc(N)cc2C(N)=O)n1. The third-order valence-electron chi connectivity index (χ3n) is 2.14. The summed E-state index contributed by atoms with van der Waals surface area (Å²) in [6, 6.07) is 2.99. The molecule has 0 spiro atoms. The Morgan fingerprint density at radius 3 is 2.78 bits per heavy atom. The van der Waals surface area contributed by atoms with Crippen molar-refractivity contribution in [2.75, 3.05) is 11.1 Å². The molecule has 18 heavy (non-hydrogen) atoms. The molecule has 0 saturated carbocycles. The molecule has 0 bridgehead atoms. The Morgan fingerprint density at radius 2 is 2.22 bits per heavy atom. The van der Waals surface area contributed by atoms with Crippen LogP contribution in [0.25, 0.3) is 0 Å². The minimum absolute atomic E-state index is 0.216. The minimum Gasteiger partial charge on any atom is -0.399 e. The Kier molecular flexibility index (Phi) is 3.35. The molecule has 0 aliphatic rings. The maximum absolute atomic E-state index is 11.4. The number of aryl methyl sites for hydroxylation is 1. The minimum atomic E-state index is -0.618. The third kappa shape index (κ3) is 2.52. The van der Waals surface area contributed by atoms with Crippen LogP contribution < -0.4 is 16.8 Å². The van der Waals surface area contributed by atoms with Crippen LogP contribution in [0.3, 0.4) is 0 Å². The van der Waals surface area contributed by atoms with Crippen LogP contribution >= 0.6 is 23.1 Å². The number of nitrogens with zero attached hydrogens (tertiary/aromatic N) is 2. The summed E-state index contributed by atoms with van der Waals surface area (Å²) >= 11 is 7.21. The fourth-order valence-corrected chi connectivity index (χ4v) is 2.26. The lowest BCUT2D eigenvalue weighted by atomic mass is 10.1. The van der Waals surface area contributed by atoms with E-state index in [1.807, 2.05) is 0 Å². The molecule has 8 heteroatoms. The fraction of sp³-hybridized carbons (Fsp3) is 0.100. The van der Waals surface area contributed by atoms with Gasteiger partial charge in [0.1, 0.15) is 5.82 Å². The van der Waals surface area contributed by atoms with E-state index in [1.54, 1.807) is 6.92 Å².